The second-order valence-corrected chi connectivity index (χ2v) is 4.33. The summed E-state index contributed by atoms with van der Waals surface area (Å²) in [5.74, 6) is 0.598. The highest BCUT2D eigenvalue weighted by atomic mass is 14.9. The fourth-order valence-electron chi connectivity index (χ4n) is 2.11. The summed E-state index contributed by atoms with van der Waals surface area (Å²) in [7, 11) is 0. The summed E-state index contributed by atoms with van der Waals surface area (Å²) in [6, 6.07) is 2.90. The van der Waals surface area contributed by atoms with E-state index >= 15 is 0 Å². The molecule has 0 aliphatic heterocycles. The van der Waals surface area contributed by atoms with Gasteiger partial charge in [0.15, 0.2) is 0 Å². The predicted molar refractivity (Wildman–Crippen MR) is 54.2 cm³/mol. The van der Waals surface area contributed by atoms with Gasteiger partial charge in [-0.1, -0.05) is 19.3 Å². The van der Waals surface area contributed by atoms with Gasteiger partial charge in [-0.2, -0.15) is 5.26 Å². The summed E-state index contributed by atoms with van der Waals surface area (Å²) in [5.41, 5.74) is 0. The highest BCUT2D eigenvalue weighted by Gasteiger charge is 2.23. The molecule has 0 bridgehead atoms. The lowest BCUT2D eigenvalue weighted by molar-refractivity contribution is 0.294. The van der Waals surface area contributed by atoms with Gasteiger partial charge in [0.05, 0.1) is 12.1 Å². The van der Waals surface area contributed by atoms with Crippen molar-refractivity contribution >= 4 is 0 Å². The Kier molecular flexibility index (Phi) is 4.24. The molecular formula is C11H20N2. The first-order valence-corrected chi connectivity index (χ1v) is 5.39. The standard InChI is InChI=1S/C11H20N2/c1-9(2)13-11(8-12)10-6-4-3-5-7-10/h9-11,13H,3-7H2,1-2H3. The summed E-state index contributed by atoms with van der Waals surface area (Å²) in [4.78, 5) is 0. The van der Waals surface area contributed by atoms with E-state index in [9.17, 15) is 0 Å². The Morgan fingerprint density at radius 1 is 1.23 bits per heavy atom. The molecule has 1 aliphatic rings. The van der Waals surface area contributed by atoms with E-state index in [0.717, 1.165) is 0 Å². The second-order valence-electron chi connectivity index (χ2n) is 4.33. The quantitative estimate of drug-likeness (QED) is 0.724. The molecule has 1 saturated carbocycles. The van der Waals surface area contributed by atoms with Crippen LogP contribution in [0.3, 0.4) is 0 Å². The van der Waals surface area contributed by atoms with Gasteiger partial charge in [-0.25, -0.2) is 0 Å². The molecule has 0 radical (unpaired) electrons. The van der Waals surface area contributed by atoms with Gasteiger partial charge >= 0.3 is 0 Å². The predicted octanol–water partition coefficient (Wildman–Crippen LogP) is 2.46. The maximum Gasteiger partial charge on any atom is 0.0983 e. The highest BCUT2D eigenvalue weighted by molar-refractivity contribution is 4.96. The summed E-state index contributed by atoms with van der Waals surface area (Å²) in [6.07, 6.45) is 6.44. The van der Waals surface area contributed by atoms with Crippen molar-refractivity contribution in [2.24, 2.45) is 5.92 Å². The lowest BCUT2D eigenvalue weighted by Gasteiger charge is -2.27. The molecule has 74 valence electrons. The Balaban J connectivity index is 2.40. The van der Waals surface area contributed by atoms with Crippen LogP contribution in [0.25, 0.3) is 0 Å². The monoisotopic (exact) mass is 180 g/mol. The van der Waals surface area contributed by atoms with E-state index in [4.69, 9.17) is 5.26 Å². The van der Waals surface area contributed by atoms with E-state index in [0.29, 0.717) is 12.0 Å². The van der Waals surface area contributed by atoms with Crippen molar-refractivity contribution in [3.8, 4) is 6.07 Å². The molecule has 0 heterocycles. The van der Waals surface area contributed by atoms with Crippen LogP contribution in [-0.4, -0.2) is 12.1 Å². The van der Waals surface area contributed by atoms with Crippen molar-refractivity contribution in [1.82, 2.24) is 5.32 Å². The molecule has 1 aliphatic carbocycles. The number of hydrogen-bond donors (Lipinski definition) is 1. The van der Waals surface area contributed by atoms with Gasteiger partial charge in [0.2, 0.25) is 0 Å². The first-order chi connectivity index (χ1) is 6.24. The minimum Gasteiger partial charge on any atom is -0.299 e. The van der Waals surface area contributed by atoms with E-state index in [1.54, 1.807) is 0 Å². The zero-order chi connectivity index (χ0) is 9.68. The molecule has 1 fully saturated rings. The summed E-state index contributed by atoms with van der Waals surface area (Å²) in [5, 5.41) is 12.4. The Morgan fingerprint density at radius 2 is 1.85 bits per heavy atom. The van der Waals surface area contributed by atoms with E-state index < -0.39 is 0 Å². The van der Waals surface area contributed by atoms with E-state index in [2.05, 4.69) is 25.2 Å². The molecule has 0 aromatic rings. The summed E-state index contributed by atoms with van der Waals surface area (Å²) >= 11 is 0. The number of hydrogen-bond acceptors (Lipinski definition) is 2. The van der Waals surface area contributed by atoms with Crippen molar-refractivity contribution in [3.05, 3.63) is 0 Å². The molecular weight excluding hydrogens is 160 g/mol. The molecule has 1 rings (SSSR count). The van der Waals surface area contributed by atoms with Gasteiger partial charge in [-0.05, 0) is 32.6 Å². The van der Waals surface area contributed by atoms with Crippen LogP contribution in [-0.2, 0) is 0 Å². The van der Waals surface area contributed by atoms with Crippen LogP contribution in [0.4, 0.5) is 0 Å². The molecule has 0 saturated heterocycles. The largest absolute Gasteiger partial charge is 0.299 e. The molecule has 0 amide bonds. The average Bonchev–Trinajstić information content (AvgIpc) is 2.15. The highest BCUT2D eigenvalue weighted by Crippen LogP contribution is 2.26. The topological polar surface area (TPSA) is 35.8 Å². The second kappa shape index (κ2) is 5.24. The lowest BCUT2D eigenvalue weighted by Crippen LogP contribution is -2.40. The van der Waals surface area contributed by atoms with Gasteiger partial charge in [-0.15, -0.1) is 0 Å². The molecule has 0 aromatic carbocycles. The molecule has 1 atom stereocenters. The van der Waals surface area contributed by atoms with Crippen LogP contribution in [0.1, 0.15) is 46.0 Å². The molecule has 0 spiro atoms. The smallest absolute Gasteiger partial charge is 0.0983 e. The van der Waals surface area contributed by atoms with Crippen LogP contribution < -0.4 is 5.32 Å². The first kappa shape index (κ1) is 10.5. The van der Waals surface area contributed by atoms with E-state index in [1.807, 2.05) is 0 Å². The van der Waals surface area contributed by atoms with Crippen molar-refractivity contribution < 1.29 is 0 Å². The SMILES string of the molecule is CC(C)NC(C#N)C1CCCCC1. The van der Waals surface area contributed by atoms with Crippen LogP contribution in [0.15, 0.2) is 0 Å². The molecule has 1 unspecified atom stereocenters. The molecule has 13 heavy (non-hydrogen) atoms. The van der Waals surface area contributed by atoms with Crippen molar-refractivity contribution in [3.63, 3.8) is 0 Å². The average molecular weight is 180 g/mol. The maximum absolute atomic E-state index is 9.01. The molecule has 2 nitrogen and oxygen atoms in total. The Labute approximate surface area is 81.3 Å². The third-order valence-electron chi connectivity index (χ3n) is 2.77. The van der Waals surface area contributed by atoms with Crippen molar-refractivity contribution in [1.29, 1.82) is 5.26 Å². The fraction of sp³-hybridized carbons (Fsp3) is 0.909. The summed E-state index contributed by atoms with van der Waals surface area (Å²) in [6.45, 7) is 4.21. The Morgan fingerprint density at radius 3 is 2.31 bits per heavy atom. The van der Waals surface area contributed by atoms with Crippen LogP contribution in [0, 0.1) is 17.2 Å². The fourth-order valence-corrected chi connectivity index (χ4v) is 2.11. The van der Waals surface area contributed by atoms with E-state index in [-0.39, 0.29) is 6.04 Å². The Hall–Kier alpha value is -0.550. The Bertz CT molecular complexity index is 175. The molecule has 0 aromatic heterocycles. The maximum atomic E-state index is 9.01. The number of nitrogens with one attached hydrogen (secondary N) is 1. The van der Waals surface area contributed by atoms with Crippen LogP contribution >= 0.6 is 0 Å². The summed E-state index contributed by atoms with van der Waals surface area (Å²) < 4.78 is 0. The zero-order valence-electron chi connectivity index (χ0n) is 8.71. The number of rotatable bonds is 3. The lowest BCUT2D eigenvalue weighted by atomic mass is 9.84. The van der Waals surface area contributed by atoms with Crippen molar-refractivity contribution in [2.75, 3.05) is 0 Å². The first-order valence-electron chi connectivity index (χ1n) is 5.39. The third-order valence-corrected chi connectivity index (χ3v) is 2.77. The number of nitriles is 1. The minimum atomic E-state index is 0.0836. The van der Waals surface area contributed by atoms with Gasteiger partial charge in [-0.3, -0.25) is 5.32 Å². The van der Waals surface area contributed by atoms with Gasteiger partial charge in [0, 0.05) is 6.04 Å². The van der Waals surface area contributed by atoms with Crippen LogP contribution in [0.5, 0.6) is 0 Å². The van der Waals surface area contributed by atoms with Crippen molar-refractivity contribution in [2.45, 2.75) is 58.0 Å². The molecule has 2 heteroatoms. The van der Waals surface area contributed by atoms with Gasteiger partial charge < -0.3 is 0 Å². The number of nitrogens with zero attached hydrogens (tertiary/aromatic N) is 1. The zero-order valence-corrected chi connectivity index (χ0v) is 8.71. The third kappa shape index (κ3) is 3.36. The van der Waals surface area contributed by atoms with Crippen LogP contribution in [0.2, 0.25) is 0 Å². The van der Waals surface area contributed by atoms with Gasteiger partial charge in [0.25, 0.3) is 0 Å². The van der Waals surface area contributed by atoms with Gasteiger partial charge in [0.1, 0.15) is 0 Å². The normalized spacial score (nSPS) is 21.4. The minimum absolute atomic E-state index is 0.0836. The molecule has 1 N–H and O–H groups in total. The van der Waals surface area contributed by atoms with E-state index in [1.165, 1.54) is 32.1 Å².